The van der Waals surface area contributed by atoms with Crippen molar-refractivity contribution in [3.05, 3.63) is 94.0 Å². The largest absolute Gasteiger partial charge is 0.496 e. The maximum Gasteiger partial charge on any atom is 0.319 e. The van der Waals surface area contributed by atoms with E-state index in [4.69, 9.17) is 9.47 Å². The van der Waals surface area contributed by atoms with E-state index in [1.807, 2.05) is 48.5 Å². The van der Waals surface area contributed by atoms with E-state index in [1.54, 1.807) is 7.11 Å². The predicted molar refractivity (Wildman–Crippen MR) is 121 cm³/mol. The molecule has 3 aromatic carbocycles. The molecular weight excluding hydrogens is 444 g/mol. The lowest BCUT2D eigenvalue weighted by atomic mass is 9.91. The van der Waals surface area contributed by atoms with E-state index in [2.05, 4.69) is 50.4 Å². The lowest BCUT2D eigenvalue weighted by Gasteiger charge is -2.44. The number of rotatable bonds is 5. The molecule has 0 radical (unpaired) electrons. The van der Waals surface area contributed by atoms with Gasteiger partial charge in [-0.1, -0.05) is 64.5 Å². The van der Waals surface area contributed by atoms with Crippen molar-refractivity contribution >= 4 is 27.6 Å². The molecule has 0 fully saturated rings. The molecule has 0 saturated carbocycles. The molecule has 4 rings (SSSR count). The second kappa shape index (κ2) is 8.90. The van der Waals surface area contributed by atoms with Crippen LogP contribution in [0.2, 0.25) is 0 Å². The molecule has 30 heavy (non-hydrogen) atoms. The molecule has 154 valence electrons. The molecule has 1 heterocycles. The molecule has 3 aromatic rings. The summed E-state index contributed by atoms with van der Waals surface area (Å²) in [4.78, 5) is 14.6. The van der Waals surface area contributed by atoms with Crippen LogP contribution >= 0.6 is 15.9 Å². The van der Waals surface area contributed by atoms with Crippen LogP contribution in [0.3, 0.4) is 0 Å². The molecule has 0 spiro atoms. The maximum atomic E-state index is 12.4. The van der Waals surface area contributed by atoms with Crippen molar-refractivity contribution in [3.63, 3.8) is 0 Å². The van der Waals surface area contributed by atoms with E-state index in [9.17, 15) is 4.79 Å². The fourth-order valence-corrected chi connectivity index (χ4v) is 4.38. The van der Waals surface area contributed by atoms with E-state index in [0.717, 1.165) is 32.6 Å². The summed E-state index contributed by atoms with van der Waals surface area (Å²) in [6, 6.07) is 24.1. The predicted octanol–water partition coefficient (Wildman–Crippen LogP) is 5.15. The smallest absolute Gasteiger partial charge is 0.319 e. The van der Waals surface area contributed by atoms with Crippen LogP contribution in [0.4, 0.5) is 5.69 Å². The average molecular weight is 467 g/mol. The Labute approximate surface area is 184 Å². The highest BCUT2D eigenvalue weighted by Gasteiger charge is 2.38. The number of esters is 1. The zero-order valence-electron chi connectivity index (χ0n) is 16.8. The minimum absolute atomic E-state index is 0.123. The second-order valence-electron chi connectivity index (χ2n) is 7.08. The zero-order valence-corrected chi connectivity index (χ0v) is 18.4. The summed E-state index contributed by atoms with van der Waals surface area (Å²) < 4.78 is 11.7. The molecule has 0 amide bonds. The van der Waals surface area contributed by atoms with Gasteiger partial charge in [-0.25, -0.2) is 0 Å². The van der Waals surface area contributed by atoms with E-state index in [0.29, 0.717) is 0 Å². The number of carbonyl (C=O) groups is 1. The summed E-state index contributed by atoms with van der Waals surface area (Å²) in [6.07, 6.45) is -0.279. The highest BCUT2D eigenvalue weighted by molar-refractivity contribution is 9.10. The Kier molecular flexibility index (Phi) is 6.06. The van der Waals surface area contributed by atoms with Gasteiger partial charge in [0, 0.05) is 15.7 Å². The van der Waals surface area contributed by atoms with Gasteiger partial charge in [0.15, 0.2) is 0 Å². The Morgan fingerprint density at radius 1 is 1.00 bits per heavy atom. The minimum Gasteiger partial charge on any atom is -0.496 e. The number of fused-ring (bicyclic) bond motifs is 1. The van der Waals surface area contributed by atoms with Crippen LogP contribution in [0.1, 0.15) is 28.9 Å². The Bertz CT molecular complexity index is 1040. The lowest BCUT2D eigenvalue weighted by Crippen LogP contribution is -2.44. The molecule has 0 bridgehead atoms. The molecule has 0 aromatic heterocycles. The highest BCUT2D eigenvalue weighted by atomic mass is 79.9. The third-order valence-corrected chi connectivity index (χ3v) is 5.85. The number of benzene rings is 3. The summed E-state index contributed by atoms with van der Waals surface area (Å²) in [7, 11) is 3.08. The second-order valence-corrected chi connectivity index (χ2v) is 8.00. The van der Waals surface area contributed by atoms with Gasteiger partial charge >= 0.3 is 5.97 Å². The third kappa shape index (κ3) is 3.93. The van der Waals surface area contributed by atoms with E-state index in [-0.39, 0.29) is 24.7 Å². The van der Waals surface area contributed by atoms with Gasteiger partial charge in [0.2, 0.25) is 0 Å². The van der Waals surface area contributed by atoms with Gasteiger partial charge in [-0.2, -0.15) is 0 Å². The number of nitrogens with zero attached hydrogens (tertiary/aromatic N) is 1. The average Bonchev–Trinajstić information content (AvgIpc) is 2.79. The summed E-state index contributed by atoms with van der Waals surface area (Å²) >= 11 is 3.60. The van der Waals surface area contributed by atoms with Crippen LogP contribution in [0, 0.1) is 0 Å². The standard InChI is InChI=1S/C24H23BrN2O3/c1-29-21-11-7-6-10-18(21)24-26-20-13-12-17(25)14-19(20)23(16-8-4-3-5-9-16)27(24)15-22(28)30-2/h3-14,23-24,26H,15H2,1-2H3/t23-,24-/m0/s1. The molecule has 1 aliphatic rings. The number of methoxy groups -OCH3 is 2. The first-order valence-electron chi connectivity index (χ1n) is 9.68. The first kappa shape index (κ1) is 20.4. The first-order chi connectivity index (χ1) is 14.6. The number of halogens is 1. The normalized spacial score (nSPS) is 18.2. The highest BCUT2D eigenvalue weighted by Crippen LogP contribution is 2.46. The van der Waals surface area contributed by atoms with E-state index >= 15 is 0 Å². The van der Waals surface area contributed by atoms with Gasteiger partial charge in [0.25, 0.3) is 0 Å². The van der Waals surface area contributed by atoms with Crippen molar-refractivity contribution in [2.45, 2.75) is 12.2 Å². The van der Waals surface area contributed by atoms with Gasteiger partial charge in [0.05, 0.1) is 26.8 Å². The summed E-state index contributed by atoms with van der Waals surface area (Å²) in [5.74, 6) is 0.466. The zero-order chi connectivity index (χ0) is 21.1. The molecular formula is C24H23BrN2O3. The number of ether oxygens (including phenoxy) is 2. The third-order valence-electron chi connectivity index (χ3n) is 5.35. The van der Waals surface area contributed by atoms with Crippen LogP contribution < -0.4 is 10.1 Å². The molecule has 6 heteroatoms. The van der Waals surface area contributed by atoms with Crippen LogP contribution in [0.25, 0.3) is 0 Å². The summed E-state index contributed by atoms with van der Waals surface area (Å²) in [5.41, 5.74) is 4.16. The van der Waals surface area contributed by atoms with Crippen molar-refractivity contribution in [1.82, 2.24) is 4.90 Å². The van der Waals surface area contributed by atoms with Crippen LogP contribution in [-0.2, 0) is 9.53 Å². The quantitative estimate of drug-likeness (QED) is 0.527. The van der Waals surface area contributed by atoms with Crippen LogP contribution in [0.15, 0.2) is 77.3 Å². The molecule has 2 atom stereocenters. The molecule has 5 nitrogen and oxygen atoms in total. The van der Waals surface area contributed by atoms with Crippen molar-refractivity contribution in [3.8, 4) is 5.75 Å². The minimum atomic E-state index is -0.295. The fourth-order valence-electron chi connectivity index (χ4n) is 4.00. The van der Waals surface area contributed by atoms with Gasteiger partial charge in [-0.3, -0.25) is 9.69 Å². The number of carbonyl (C=O) groups excluding carboxylic acids is 1. The Hall–Kier alpha value is -2.83. The number of anilines is 1. The van der Waals surface area contributed by atoms with Gasteiger partial charge in [-0.15, -0.1) is 0 Å². The molecule has 1 N–H and O–H groups in total. The SMILES string of the molecule is COC(=O)CN1[C@@H](c2ccccc2)c2cc(Br)ccc2N[C@@H]1c1ccccc1OC. The first-order valence-corrected chi connectivity index (χ1v) is 10.5. The Morgan fingerprint density at radius 2 is 1.73 bits per heavy atom. The molecule has 0 saturated heterocycles. The Balaban J connectivity index is 1.92. The van der Waals surface area contributed by atoms with Crippen LogP contribution in [0.5, 0.6) is 5.75 Å². The number of para-hydroxylation sites is 1. The van der Waals surface area contributed by atoms with Crippen molar-refractivity contribution < 1.29 is 14.3 Å². The van der Waals surface area contributed by atoms with E-state index < -0.39 is 0 Å². The monoisotopic (exact) mass is 466 g/mol. The summed E-state index contributed by atoms with van der Waals surface area (Å²) in [5, 5.41) is 3.61. The van der Waals surface area contributed by atoms with E-state index in [1.165, 1.54) is 7.11 Å². The summed E-state index contributed by atoms with van der Waals surface area (Å²) in [6.45, 7) is 0.123. The van der Waals surface area contributed by atoms with Crippen molar-refractivity contribution in [2.75, 3.05) is 26.1 Å². The molecule has 0 aliphatic carbocycles. The number of hydrogen-bond donors (Lipinski definition) is 1. The van der Waals surface area contributed by atoms with Crippen molar-refractivity contribution in [1.29, 1.82) is 0 Å². The molecule has 1 aliphatic heterocycles. The van der Waals surface area contributed by atoms with Gasteiger partial charge in [-0.05, 0) is 35.4 Å². The topological polar surface area (TPSA) is 50.8 Å². The maximum absolute atomic E-state index is 12.4. The molecule has 0 unspecified atom stereocenters. The number of nitrogens with one attached hydrogen (secondary N) is 1. The van der Waals surface area contributed by atoms with Crippen LogP contribution in [-0.4, -0.2) is 31.6 Å². The van der Waals surface area contributed by atoms with Gasteiger partial charge < -0.3 is 14.8 Å². The van der Waals surface area contributed by atoms with Crippen molar-refractivity contribution in [2.24, 2.45) is 0 Å². The fraction of sp³-hybridized carbons (Fsp3) is 0.208. The van der Waals surface area contributed by atoms with Gasteiger partial charge in [0.1, 0.15) is 11.9 Å². The number of hydrogen-bond acceptors (Lipinski definition) is 5. The Morgan fingerprint density at radius 3 is 2.47 bits per heavy atom. The lowest BCUT2D eigenvalue weighted by molar-refractivity contribution is -0.143.